The number of benzene rings is 2. The molecule has 0 saturated heterocycles. The molecule has 0 spiro atoms. The molecule has 0 radical (unpaired) electrons. The molecule has 134 valence electrons. The van der Waals surface area contributed by atoms with E-state index in [4.69, 9.17) is 0 Å². The van der Waals surface area contributed by atoms with Crippen molar-refractivity contribution in [3.8, 4) is 5.69 Å². The predicted octanol–water partition coefficient (Wildman–Crippen LogP) is 3.12. The minimum Gasteiger partial charge on any atom is -0.322 e. The van der Waals surface area contributed by atoms with E-state index in [9.17, 15) is 22.0 Å². The summed E-state index contributed by atoms with van der Waals surface area (Å²) in [6.45, 7) is 0. The van der Waals surface area contributed by atoms with Gasteiger partial charge in [0.2, 0.25) is 9.84 Å². The topological polar surface area (TPSA) is 81.1 Å². The number of nitrogens with one attached hydrogen (secondary N) is 1. The molecule has 0 bridgehead atoms. The third-order valence-electron chi connectivity index (χ3n) is 3.61. The van der Waals surface area contributed by atoms with Gasteiger partial charge in [-0.05, 0) is 48.5 Å². The SMILES string of the molecule is O=C(Nc1ccc(-n2ccnc2)cc1)c1ccc(S(=O)(=O)C(F)F)cc1. The summed E-state index contributed by atoms with van der Waals surface area (Å²) in [5.41, 5.74) is 1.54. The van der Waals surface area contributed by atoms with Crippen LogP contribution in [-0.2, 0) is 9.84 Å². The van der Waals surface area contributed by atoms with Crippen LogP contribution in [0, 0.1) is 0 Å². The Morgan fingerprint density at radius 2 is 1.69 bits per heavy atom. The van der Waals surface area contributed by atoms with Crippen molar-refractivity contribution < 1.29 is 22.0 Å². The van der Waals surface area contributed by atoms with Crippen molar-refractivity contribution in [2.75, 3.05) is 5.32 Å². The van der Waals surface area contributed by atoms with Gasteiger partial charge in [0.15, 0.2) is 0 Å². The number of carbonyl (C=O) groups excluding carboxylic acids is 1. The molecule has 1 heterocycles. The van der Waals surface area contributed by atoms with Crippen LogP contribution < -0.4 is 5.32 Å². The summed E-state index contributed by atoms with van der Waals surface area (Å²) < 4.78 is 49.6. The predicted molar refractivity (Wildman–Crippen MR) is 91.1 cm³/mol. The Hall–Kier alpha value is -3.07. The third-order valence-corrected chi connectivity index (χ3v) is 5.01. The molecule has 3 rings (SSSR count). The van der Waals surface area contributed by atoms with Gasteiger partial charge in [-0.25, -0.2) is 13.4 Å². The zero-order chi connectivity index (χ0) is 18.7. The Labute approximate surface area is 148 Å². The highest BCUT2D eigenvalue weighted by molar-refractivity contribution is 7.91. The zero-order valence-corrected chi connectivity index (χ0v) is 14.0. The first-order valence-corrected chi connectivity index (χ1v) is 8.94. The van der Waals surface area contributed by atoms with Gasteiger partial charge < -0.3 is 9.88 Å². The number of carbonyl (C=O) groups is 1. The highest BCUT2D eigenvalue weighted by Gasteiger charge is 2.26. The molecule has 0 saturated carbocycles. The second-order valence-corrected chi connectivity index (χ2v) is 7.22. The first-order valence-electron chi connectivity index (χ1n) is 7.40. The van der Waals surface area contributed by atoms with Crippen LogP contribution in [0.25, 0.3) is 5.69 Å². The maximum Gasteiger partial charge on any atom is 0.341 e. The van der Waals surface area contributed by atoms with Gasteiger partial charge in [-0.2, -0.15) is 8.78 Å². The molecule has 0 aliphatic rings. The molecule has 0 unspecified atom stereocenters. The van der Waals surface area contributed by atoms with E-state index in [1.165, 1.54) is 12.1 Å². The lowest BCUT2D eigenvalue weighted by molar-refractivity contribution is 0.102. The molecule has 26 heavy (non-hydrogen) atoms. The number of sulfone groups is 1. The van der Waals surface area contributed by atoms with Crippen LogP contribution >= 0.6 is 0 Å². The summed E-state index contributed by atoms with van der Waals surface area (Å²) in [5.74, 6) is -3.99. The standard InChI is InChI=1S/C17H13F2N3O3S/c18-17(19)26(24,25)15-7-1-12(2-8-15)16(23)21-13-3-5-14(6-4-13)22-10-9-20-11-22/h1-11,17H,(H,21,23). The smallest absolute Gasteiger partial charge is 0.322 e. The molecular weight excluding hydrogens is 364 g/mol. The van der Waals surface area contributed by atoms with Crippen molar-refractivity contribution in [1.29, 1.82) is 0 Å². The second kappa shape index (κ2) is 7.04. The third kappa shape index (κ3) is 3.62. The number of aromatic nitrogens is 2. The van der Waals surface area contributed by atoms with E-state index in [2.05, 4.69) is 10.3 Å². The van der Waals surface area contributed by atoms with Gasteiger partial charge in [0.05, 0.1) is 11.2 Å². The molecule has 2 aromatic carbocycles. The summed E-state index contributed by atoms with van der Waals surface area (Å²) in [5, 5.41) is 2.65. The van der Waals surface area contributed by atoms with E-state index < -0.39 is 26.4 Å². The molecule has 3 aromatic rings. The summed E-state index contributed by atoms with van der Waals surface area (Å²) in [4.78, 5) is 15.6. The van der Waals surface area contributed by atoms with Crippen LogP contribution in [0.1, 0.15) is 10.4 Å². The summed E-state index contributed by atoms with van der Waals surface area (Å²) in [7, 11) is -4.68. The van der Waals surface area contributed by atoms with E-state index in [-0.39, 0.29) is 5.56 Å². The number of amides is 1. The van der Waals surface area contributed by atoms with Crippen LogP contribution in [0.5, 0.6) is 0 Å². The van der Waals surface area contributed by atoms with Crippen molar-refractivity contribution in [2.45, 2.75) is 10.7 Å². The number of halogens is 2. The summed E-state index contributed by atoms with van der Waals surface area (Å²) in [6, 6.07) is 11.3. The Morgan fingerprint density at radius 3 is 2.23 bits per heavy atom. The fraction of sp³-hybridized carbons (Fsp3) is 0.0588. The molecule has 0 fully saturated rings. The number of rotatable bonds is 5. The lowest BCUT2D eigenvalue weighted by Gasteiger charge is -2.08. The number of nitrogens with zero attached hydrogens (tertiary/aromatic N) is 2. The Morgan fingerprint density at radius 1 is 1.04 bits per heavy atom. The highest BCUT2D eigenvalue weighted by Crippen LogP contribution is 2.19. The number of alkyl halides is 2. The molecule has 0 atom stereocenters. The first kappa shape index (κ1) is 17.7. The van der Waals surface area contributed by atoms with Crippen LogP contribution in [0.4, 0.5) is 14.5 Å². The molecule has 1 N–H and O–H groups in total. The van der Waals surface area contributed by atoms with E-state index in [1.54, 1.807) is 47.6 Å². The van der Waals surface area contributed by atoms with Crippen molar-refractivity contribution in [3.63, 3.8) is 0 Å². The normalized spacial score (nSPS) is 11.5. The number of hydrogen-bond acceptors (Lipinski definition) is 4. The first-order chi connectivity index (χ1) is 12.4. The fourth-order valence-electron chi connectivity index (χ4n) is 2.23. The van der Waals surface area contributed by atoms with Gasteiger partial charge in [0.25, 0.3) is 5.91 Å². The van der Waals surface area contributed by atoms with Crippen LogP contribution in [-0.4, -0.2) is 29.6 Å². The summed E-state index contributed by atoms with van der Waals surface area (Å²) in [6.07, 6.45) is 5.07. The zero-order valence-electron chi connectivity index (χ0n) is 13.2. The monoisotopic (exact) mass is 377 g/mol. The van der Waals surface area contributed by atoms with Gasteiger partial charge in [0, 0.05) is 29.3 Å². The van der Waals surface area contributed by atoms with Crippen LogP contribution in [0.3, 0.4) is 0 Å². The van der Waals surface area contributed by atoms with Crippen molar-refractivity contribution >= 4 is 21.4 Å². The van der Waals surface area contributed by atoms with Gasteiger partial charge in [0.1, 0.15) is 0 Å². The van der Waals surface area contributed by atoms with Gasteiger partial charge in [-0.15, -0.1) is 0 Å². The lowest BCUT2D eigenvalue weighted by Crippen LogP contribution is -2.14. The van der Waals surface area contributed by atoms with Crippen LogP contribution in [0.2, 0.25) is 0 Å². The largest absolute Gasteiger partial charge is 0.341 e. The van der Waals surface area contributed by atoms with E-state index in [0.717, 1.165) is 17.8 Å². The molecule has 1 amide bonds. The number of hydrogen-bond donors (Lipinski definition) is 1. The van der Waals surface area contributed by atoms with E-state index >= 15 is 0 Å². The molecular formula is C17H13F2N3O3S. The maximum atomic E-state index is 12.5. The Balaban J connectivity index is 1.72. The molecule has 9 heteroatoms. The number of imidazole rings is 1. The van der Waals surface area contributed by atoms with Crippen molar-refractivity contribution in [2.24, 2.45) is 0 Å². The van der Waals surface area contributed by atoms with Gasteiger partial charge in [-0.3, -0.25) is 4.79 Å². The lowest BCUT2D eigenvalue weighted by atomic mass is 10.2. The second-order valence-electron chi connectivity index (χ2n) is 5.30. The van der Waals surface area contributed by atoms with Crippen molar-refractivity contribution in [1.82, 2.24) is 9.55 Å². The fourth-order valence-corrected chi connectivity index (χ4v) is 2.95. The minimum absolute atomic E-state index is 0.150. The quantitative estimate of drug-likeness (QED) is 0.741. The van der Waals surface area contributed by atoms with Crippen LogP contribution in [0.15, 0.2) is 72.1 Å². The van der Waals surface area contributed by atoms with Gasteiger partial charge in [-0.1, -0.05) is 0 Å². The minimum atomic E-state index is -4.68. The molecule has 0 aliphatic heterocycles. The molecule has 1 aromatic heterocycles. The maximum absolute atomic E-state index is 12.5. The summed E-state index contributed by atoms with van der Waals surface area (Å²) >= 11 is 0. The Bertz CT molecular complexity index is 1000. The molecule has 6 nitrogen and oxygen atoms in total. The van der Waals surface area contributed by atoms with Crippen molar-refractivity contribution in [3.05, 3.63) is 72.8 Å². The van der Waals surface area contributed by atoms with E-state index in [1.807, 2.05) is 0 Å². The average Bonchev–Trinajstić information content (AvgIpc) is 3.17. The van der Waals surface area contributed by atoms with E-state index in [0.29, 0.717) is 5.69 Å². The highest BCUT2D eigenvalue weighted by atomic mass is 32.2. The van der Waals surface area contributed by atoms with Gasteiger partial charge >= 0.3 is 5.76 Å². The molecule has 0 aliphatic carbocycles. The Kier molecular flexibility index (Phi) is 4.81. The average molecular weight is 377 g/mol. The number of anilines is 1.